The van der Waals surface area contributed by atoms with E-state index in [1.165, 1.54) is 11.1 Å². The fourth-order valence-corrected chi connectivity index (χ4v) is 3.19. The molecule has 0 aliphatic carbocycles. The summed E-state index contributed by atoms with van der Waals surface area (Å²) < 4.78 is 0. The van der Waals surface area contributed by atoms with E-state index in [2.05, 4.69) is 35.5 Å². The lowest BCUT2D eigenvalue weighted by Crippen LogP contribution is -2.32. The summed E-state index contributed by atoms with van der Waals surface area (Å²) in [6.07, 6.45) is 6.44. The minimum atomic E-state index is 0.0724. The van der Waals surface area contributed by atoms with Crippen molar-refractivity contribution in [3.8, 4) is 0 Å². The Hall–Kier alpha value is -1.58. The van der Waals surface area contributed by atoms with Crippen molar-refractivity contribution in [3.05, 3.63) is 52.6 Å². The van der Waals surface area contributed by atoms with Gasteiger partial charge in [0.1, 0.15) is 0 Å². The van der Waals surface area contributed by atoms with Crippen molar-refractivity contribution < 1.29 is 4.79 Å². The van der Waals surface area contributed by atoms with E-state index in [0.717, 1.165) is 36.7 Å². The van der Waals surface area contributed by atoms with Crippen LogP contribution in [-0.4, -0.2) is 30.9 Å². The van der Waals surface area contributed by atoms with Crippen LogP contribution >= 0.6 is 11.6 Å². The van der Waals surface area contributed by atoms with Gasteiger partial charge in [-0.15, -0.1) is 0 Å². The highest BCUT2D eigenvalue weighted by Crippen LogP contribution is 2.33. The summed E-state index contributed by atoms with van der Waals surface area (Å²) in [5.74, 6) is 0.378. The number of allylic oxidation sites excluding steroid dienone is 3. The van der Waals surface area contributed by atoms with E-state index in [4.69, 9.17) is 11.6 Å². The van der Waals surface area contributed by atoms with Crippen LogP contribution in [-0.2, 0) is 4.79 Å². The molecule has 1 aliphatic heterocycles. The molecule has 1 saturated heterocycles. The zero-order valence-electron chi connectivity index (χ0n) is 14.8. The Labute approximate surface area is 150 Å². The monoisotopic (exact) mass is 346 g/mol. The van der Waals surface area contributed by atoms with Crippen molar-refractivity contribution in [2.45, 2.75) is 39.0 Å². The molecule has 4 heteroatoms. The quantitative estimate of drug-likeness (QED) is 0.821. The van der Waals surface area contributed by atoms with E-state index in [1.54, 1.807) is 0 Å². The number of nitrogens with zero attached hydrogens (tertiary/aromatic N) is 1. The Balaban J connectivity index is 2.26. The van der Waals surface area contributed by atoms with Crippen LogP contribution in [0.15, 0.2) is 47.0 Å². The third-order valence-electron chi connectivity index (χ3n) is 4.37. The van der Waals surface area contributed by atoms with E-state index in [-0.39, 0.29) is 5.91 Å². The van der Waals surface area contributed by atoms with Crippen molar-refractivity contribution in [1.29, 1.82) is 0 Å². The molecule has 1 atom stereocenters. The average Bonchev–Trinajstić information content (AvgIpc) is 2.56. The molecule has 0 saturated carbocycles. The maximum Gasteiger partial charge on any atom is 0.224 e. The second-order valence-corrected chi connectivity index (χ2v) is 6.82. The molecule has 1 aromatic rings. The average molecular weight is 347 g/mol. The molecule has 130 valence electrons. The van der Waals surface area contributed by atoms with Gasteiger partial charge in [-0.2, -0.15) is 0 Å². The number of anilines is 1. The largest absolute Gasteiger partial charge is 0.326 e. The number of amides is 1. The first-order chi connectivity index (χ1) is 11.5. The van der Waals surface area contributed by atoms with Crippen LogP contribution in [0.3, 0.4) is 0 Å². The molecule has 0 aromatic heterocycles. The van der Waals surface area contributed by atoms with Gasteiger partial charge in [-0.1, -0.05) is 42.3 Å². The van der Waals surface area contributed by atoms with Gasteiger partial charge in [0.25, 0.3) is 0 Å². The fourth-order valence-electron chi connectivity index (χ4n) is 3.05. The number of halogens is 1. The van der Waals surface area contributed by atoms with Crippen LogP contribution in [0.2, 0.25) is 0 Å². The van der Waals surface area contributed by atoms with Gasteiger partial charge in [0.05, 0.1) is 0 Å². The molecule has 2 rings (SSSR count). The Kier molecular flexibility index (Phi) is 7.07. The maximum atomic E-state index is 11.8. The number of carbonyl (C=O) groups excluding carboxylic acids is 1. The summed E-state index contributed by atoms with van der Waals surface area (Å²) in [6.45, 7) is 5.97. The number of benzene rings is 1. The first-order valence-corrected chi connectivity index (χ1v) is 9.02. The van der Waals surface area contributed by atoms with Crippen LogP contribution in [0.5, 0.6) is 0 Å². The molecule has 1 aliphatic rings. The molecule has 24 heavy (non-hydrogen) atoms. The molecule has 1 heterocycles. The molecular weight excluding hydrogens is 320 g/mol. The minimum Gasteiger partial charge on any atom is -0.326 e. The molecule has 1 aromatic carbocycles. The number of rotatable bonds is 5. The second kappa shape index (κ2) is 9.05. The van der Waals surface area contributed by atoms with Gasteiger partial charge in [-0.05, 0) is 50.6 Å². The van der Waals surface area contributed by atoms with Gasteiger partial charge in [0, 0.05) is 36.1 Å². The number of hydrogen-bond donors (Lipinski definition) is 1. The number of piperidine rings is 1. The molecule has 1 amide bonds. The normalized spacial score (nSPS) is 21.1. The lowest BCUT2D eigenvalue weighted by molar-refractivity contribution is -0.116. The SMILES string of the molecule is C/C=C(Cl)\C=C1/CCN(C)CC1c1cccc(NC(=O)CCC)c1. The number of hydrogen-bond acceptors (Lipinski definition) is 2. The highest BCUT2D eigenvalue weighted by atomic mass is 35.5. The Morgan fingerprint density at radius 2 is 2.25 bits per heavy atom. The number of likely N-dealkylation sites (tertiary alicyclic amines) is 1. The van der Waals surface area contributed by atoms with Crippen molar-refractivity contribution in [2.75, 3.05) is 25.5 Å². The van der Waals surface area contributed by atoms with E-state index >= 15 is 0 Å². The number of nitrogens with one attached hydrogen (secondary N) is 1. The van der Waals surface area contributed by atoms with Gasteiger partial charge in [0.15, 0.2) is 0 Å². The molecule has 1 unspecified atom stereocenters. The van der Waals surface area contributed by atoms with Crippen LogP contribution in [0.4, 0.5) is 5.69 Å². The second-order valence-electron chi connectivity index (χ2n) is 6.38. The third-order valence-corrected chi connectivity index (χ3v) is 4.70. The first kappa shape index (κ1) is 18.8. The summed E-state index contributed by atoms with van der Waals surface area (Å²) in [7, 11) is 2.15. The number of carbonyl (C=O) groups is 1. The predicted octanol–water partition coefficient (Wildman–Crippen LogP) is 4.91. The molecule has 1 N–H and O–H groups in total. The van der Waals surface area contributed by atoms with E-state index in [9.17, 15) is 4.79 Å². The zero-order valence-corrected chi connectivity index (χ0v) is 15.6. The van der Waals surface area contributed by atoms with Crippen LogP contribution in [0, 0.1) is 0 Å². The third kappa shape index (κ3) is 5.22. The lowest BCUT2D eigenvalue weighted by atomic mass is 9.85. The van der Waals surface area contributed by atoms with Crippen molar-refractivity contribution >= 4 is 23.2 Å². The molecule has 0 bridgehead atoms. The van der Waals surface area contributed by atoms with Crippen LogP contribution < -0.4 is 5.32 Å². The van der Waals surface area contributed by atoms with Gasteiger partial charge >= 0.3 is 0 Å². The molecule has 3 nitrogen and oxygen atoms in total. The Bertz CT molecular complexity index is 636. The first-order valence-electron chi connectivity index (χ1n) is 8.64. The maximum absolute atomic E-state index is 11.8. The van der Waals surface area contributed by atoms with Gasteiger partial charge in [0.2, 0.25) is 5.91 Å². The summed E-state index contributed by atoms with van der Waals surface area (Å²) in [6, 6.07) is 8.19. The zero-order chi connectivity index (χ0) is 17.5. The summed E-state index contributed by atoms with van der Waals surface area (Å²) in [4.78, 5) is 14.2. The standard InChI is InChI=1S/C20H27ClN2O/c1-4-7-20(24)22-18-9-6-8-15(13-18)19-14-23(3)11-10-16(19)12-17(21)5-2/h5-6,8-9,12-13,19H,4,7,10-11,14H2,1-3H3,(H,22,24)/b16-12+,17-5+. The van der Waals surface area contributed by atoms with Crippen molar-refractivity contribution in [1.82, 2.24) is 4.90 Å². The topological polar surface area (TPSA) is 32.3 Å². The van der Waals surface area contributed by atoms with E-state index in [1.807, 2.05) is 32.1 Å². The van der Waals surface area contributed by atoms with Crippen molar-refractivity contribution in [2.24, 2.45) is 0 Å². The highest BCUT2D eigenvalue weighted by molar-refractivity contribution is 6.31. The smallest absolute Gasteiger partial charge is 0.224 e. The molecule has 0 radical (unpaired) electrons. The Morgan fingerprint density at radius 3 is 2.96 bits per heavy atom. The minimum absolute atomic E-state index is 0.0724. The number of likely N-dealkylation sites (N-methyl/N-ethyl adjacent to an activating group) is 1. The lowest BCUT2D eigenvalue weighted by Gasteiger charge is -2.33. The van der Waals surface area contributed by atoms with Crippen LogP contribution in [0.1, 0.15) is 44.6 Å². The van der Waals surface area contributed by atoms with Gasteiger partial charge < -0.3 is 10.2 Å². The molecule has 1 fully saturated rings. The van der Waals surface area contributed by atoms with Crippen molar-refractivity contribution in [3.63, 3.8) is 0 Å². The van der Waals surface area contributed by atoms with E-state index in [0.29, 0.717) is 12.3 Å². The molecular formula is C20H27ClN2O. The molecule has 0 spiro atoms. The van der Waals surface area contributed by atoms with Gasteiger partial charge in [-0.25, -0.2) is 0 Å². The predicted molar refractivity (Wildman–Crippen MR) is 103 cm³/mol. The summed E-state index contributed by atoms with van der Waals surface area (Å²) in [5, 5.41) is 3.78. The highest BCUT2D eigenvalue weighted by Gasteiger charge is 2.24. The summed E-state index contributed by atoms with van der Waals surface area (Å²) >= 11 is 6.24. The van der Waals surface area contributed by atoms with E-state index < -0.39 is 0 Å². The van der Waals surface area contributed by atoms with Crippen LogP contribution in [0.25, 0.3) is 0 Å². The fraction of sp³-hybridized carbons (Fsp3) is 0.450. The summed E-state index contributed by atoms with van der Waals surface area (Å²) in [5.41, 5.74) is 3.45. The van der Waals surface area contributed by atoms with Gasteiger partial charge in [-0.3, -0.25) is 4.79 Å². The Morgan fingerprint density at radius 1 is 1.46 bits per heavy atom.